The lowest BCUT2D eigenvalue weighted by Gasteiger charge is -2.29. The first-order valence-corrected chi connectivity index (χ1v) is 11.4. The molecule has 0 atom stereocenters. The average Bonchev–Trinajstić information content (AvgIpc) is 2.93. The fourth-order valence-corrected chi connectivity index (χ4v) is 4.31. The second-order valence-corrected chi connectivity index (χ2v) is 11.6. The molecule has 0 bridgehead atoms. The lowest BCUT2D eigenvalue weighted by atomic mass is 9.86. The Morgan fingerprint density at radius 1 is 1.17 bits per heavy atom. The third kappa shape index (κ3) is 4.73. The Morgan fingerprint density at radius 3 is 2.30 bits per heavy atom. The van der Waals surface area contributed by atoms with E-state index in [1.54, 1.807) is 20.8 Å². The minimum atomic E-state index is -3.69. The van der Waals surface area contributed by atoms with E-state index in [4.69, 9.17) is 0 Å². The van der Waals surface area contributed by atoms with Crippen LogP contribution >= 0.6 is 0 Å². The van der Waals surface area contributed by atoms with Gasteiger partial charge in [-0.05, 0) is 57.7 Å². The number of anilines is 1. The Bertz CT molecular complexity index is 1030. The highest BCUT2D eigenvalue weighted by Gasteiger charge is 2.37. The van der Waals surface area contributed by atoms with Gasteiger partial charge in [0.15, 0.2) is 5.82 Å². The lowest BCUT2D eigenvalue weighted by Crippen LogP contribution is -2.33. The highest BCUT2D eigenvalue weighted by Crippen LogP contribution is 2.38. The molecule has 1 N–H and O–H groups in total. The molecule has 5 nitrogen and oxygen atoms in total. The number of aromatic nitrogens is 2. The molecule has 10 heteroatoms. The first kappa shape index (κ1) is 22.8. The molecule has 0 radical (unpaired) electrons. The monoisotopic (exact) mass is 449 g/mol. The van der Waals surface area contributed by atoms with Crippen molar-refractivity contribution in [3.8, 4) is 0 Å². The van der Waals surface area contributed by atoms with Crippen LogP contribution in [-0.2, 0) is 22.5 Å². The van der Waals surface area contributed by atoms with Crippen molar-refractivity contribution in [2.24, 2.45) is 5.92 Å². The molecule has 1 heterocycles. The minimum Gasteiger partial charge on any atom is -0.323 e. The smallest absolute Gasteiger partial charge is 0.302 e. The number of hydrogen-bond acceptors (Lipinski definition) is 3. The topological polar surface area (TPSA) is 64.0 Å². The maximum atomic E-state index is 14.2. The number of sulfonamides is 1. The van der Waals surface area contributed by atoms with Crippen LogP contribution in [0.5, 0.6) is 0 Å². The second-order valence-electron chi connectivity index (χ2n) is 9.16. The van der Waals surface area contributed by atoms with Crippen LogP contribution < -0.4 is 4.72 Å². The van der Waals surface area contributed by atoms with E-state index in [1.807, 2.05) is 0 Å². The van der Waals surface area contributed by atoms with Crippen LogP contribution in [0, 0.1) is 5.92 Å². The molecule has 1 aliphatic rings. The van der Waals surface area contributed by atoms with Crippen LogP contribution in [0.3, 0.4) is 0 Å². The Kier molecular flexibility index (Phi) is 5.62. The number of rotatable bonds is 5. The molecule has 0 aliphatic heterocycles. The zero-order valence-electron chi connectivity index (χ0n) is 17.5. The zero-order chi connectivity index (χ0) is 22.5. The Labute approximate surface area is 173 Å². The number of nitrogens with one attached hydrogen (secondary N) is 1. The predicted octanol–water partition coefficient (Wildman–Crippen LogP) is 5.51. The predicted molar refractivity (Wildman–Crippen MR) is 109 cm³/mol. The summed E-state index contributed by atoms with van der Waals surface area (Å²) in [5, 5.41) is 0. The summed E-state index contributed by atoms with van der Waals surface area (Å²) in [5.74, 6) is -6.53. The first-order valence-electron chi connectivity index (χ1n) is 9.88. The Balaban J connectivity index is 1.96. The van der Waals surface area contributed by atoms with Gasteiger partial charge in [-0.25, -0.2) is 22.2 Å². The van der Waals surface area contributed by atoms with Gasteiger partial charge in [0.05, 0.1) is 21.5 Å². The number of fused-ring (bicyclic) bond motifs is 1. The highest BCUT2D eigenvalue weighted by molar-refractivity contribution is 7.94. The van der Waals surface area contributed by atoms with E-state index in [0.29, 0.717) is 5.52 Å². The van der Waals surface area contributed by atoms with E-state index in [-0.39, 0.29) is 49.4 Å². The van der Waals surface area contributed by atoms with Gasteiger partial charge >= 0.3 is 5.92 Å². The number of halogens is 4. The van der Waals surface area contributed by atoms with E-state index in [0.717, 1.165) is 6.92 Å². The van der Waals surface area contributed by atoms with Crippen LogP contribution in [0.2, 0.25) is 0 Å². The maximum absolute atomic E-state index is 14.2. The summed E-state index contributed by atoms with van der Waals surface area (Å²) in [4.78, 5) is 4.06. The molecule has 2 aromatic rings. The number of hydrogen-bond donors (Lipinski definition) is 1. The standard InChI is InChI=1S/C20H27F4N3O2S/c1-18(2,3)30(28,29)26-14-5-6-16-15(11-14)25-17(19(4,21)22)27(16)12-13-7-9-20(23,24)10-8-13/h5-6,11,13,26H,7-10,12H2,1-4H3. The normalized spacial score (nSPS) is 18.7. The van der Waals surface area contributed by atoms with Crippen LogP contribution in [0.1, 0.15) is 59.2 Å². The summed E-state index contributed by atoms with van der Waals surface area (Å²) in [6, 6.07) is 4.45. The summed E-state index contributed by atoms with van der Waals surface area (Å²) in [7, 11) is -3.69. The quantitative estimate of drug-likeness (QED) is 0.612. The van der Waals surface area contributed by atoms with Gasteiger partial charge in [0.25, 0.3) is 0 Å². The van der Waals surface area contributed by atoms with E-state index in [1.165, 1.54) is 22.8 Å². The van der Waals surface area contributed by atoms with E-state index >= 15 is 0 Å². The molecular weight excluding hydrogens is 422 g/mol. The molecule has 0 amide bonds. The van der Waals surface area contributed by atoms with E-state index in [9.17, 15) is 26.0 Å². The molecule has 1 aliphatic carbocycles. The van der Waals surface area contributed by atoms with Crippen molar-refractivity contribution >= 4 is 26.7 Å². The minimum absolute atomic E-state index is 0.151. The van der Waals surface area contributed by atoms with Gasteiger partial charge in [0, 0.05) is 26.3 Å². The lowest BCUT2D eigenvalue weighted by molar-refractivity contribution is -0.0483. The molecule has 0 saturated heterocycles. The van der Waals surface area contributed by atoms with Crippen molar-refractivity contribution in [1.82, 2.24) is 9.55 Å². The summed E-state index contributed by atoms with van der Waals surface area (Å²) < 4.78 is 82.9. The van der Waals surface area contributed by atoms with Gasteiger partial charge in [0.1, 0.15) is 0 Å². The number of benzene rings is 1. The van der Waals surface area contributed by atoms with Gasteiger partial charge in [-0.1, -0.05) is 0 Å². The third-order valence-electron chi connectivity index (χ3n) is 5.48. The van der Waals surface area contributed by atoms with E-state index in [2.05, 4.69) is 9.71 Å². The van der Waals surface area contributed by atoms with Gasteiger partial charge in [-0.3, -0.25) is 4.72 Å². The molecule has 1 aromatic carbocycles. The average molecular weight is 450 g/mol. The summed E-state index contributed by atoms with van der Waals surface area (Å²) in [5.41, 5.74) is 0.870. The molecule has 3 rings (SSSR count). The molecular formula is C20H27F4N3O2S. The van der Waals surface area contributed by atoms with Crippen molar-refractivity contribution < 1.29 is 26.0 Å². The molecule has 168 valence electrons. The Hall–Kier alpha value is -1.84. The maximum Gasteiger partial charge on any atom is 0.302 e. The van der Waals surface area contributed by atoms with Gasteiger partial charge in [-0.15, -0.1) is 0 Å². The van der Waals surface area contributed by atoms with Crippen molar-refractivity contribution in [3.05, 3.63) is 24.0 Å². The molecule has 0 spiro atoms. The third-order valence-corrected chi connectivity index (χ3v) is 7.59. The number of alkyl halides is 4. The van der Waals surface area contributed by atoms with Crippen molar-refractivity contribution in [2.75, 3.05) is 4.72 Å². The van der Waals surface area contributed by atoms with Crippen molar-refractivity contribution in [2.45, 2.75) is 76.5 Å². The number of imidazole rings is 1. The Morgan fingerprint density at radius 2 is 1.77 bits per heavy atom. The van der Waals surface area contributed by atoms with Crippen LogP contribution in [0.4, 0.5) is 23.2 Å². The summed E-state index contributed by atoms with van der Waals surface area (Å²) in [6.07, 6.45) is 0.0114. The van der Waals surface area contributed by atoms with Gasteiger partial charge < -0.3 is 4.57 Å². The summed E-state index contributed by atoms with van der Waals surface area (Å²) in [6.45, 7) is 5.55. The fourth-order valence-electron chi connectivity index (χ4n) is 3.56. The molecule has 30 heavy (non-hydrogen) atoms. The molecule has 1 saturated carbocycles. The van der Waals surface area contributed by atoms with Crippen LogP contribution in [0.15, 0.2) is 18.2 Å². The van der Waals surface area contributed by atoms with Crippen molar-refractivity contribution in [1.29, 1.82) is 0 Å². The molecule has 1 aromatic heterocycles. The van der Waals surface area contributed by atoms with Gasteiger partial charge in [0.2, 0.25) is 15.9 Å². The molecule has 0 unspecified atom stereocenters. The zero-order valence-corrected chi connectivity index (χ0v) is 18.3. The first-order chi connectivity index (χ1) is 13.6. The second kappa shape index (κ2) is 7.39. The van der Waals surface area contributed by atoms with Gasteiger partial charge in [-0.2, -0.15) is 8.78 Å². The number of nitrogens with zero attached hydrogens (tertiary/aromatic N) is 2. The van der Waals surface area contributed by atoms with Crippen LogP contribution in [-0.4, -0.2) is 28.6 Å². The van der Waals surface area contributed by atoms with Crippen LogP contribution in [0.25, 0.3) is 11.0 Å². The largest absolute Gasteiger partial charge is 0.323 e. The molecule has 1 fully saturated rings. The van der Waals surface area contributed by atoms with Crippen molar-refractivity contribution in [3.63, 3.8) is 0 Å². The highest BCUT2D eigenvalue weighted by atomic mass is 32.2. The summed E-state index contributed by atoms with van der Waals surface area (Å²) >= 11 is 0. The fraction of sp³-hybridized carbons (Fsp3) is 0.650. The SMILES string of the molecule is CC(F)(F)c1nc2cc(NS(=O)(=O)C(C)(C)C)ccc2n1CC1CCC(F)(F)CC1. The van der Waals surface area contributed by atoms with E-state index < -0.39 is 32.4 Å².